The smallest absolute Gasteiger partial charge is 0.0300 e. The minimum absolute atomic E-state index is 0.248. The molecule has 0 radical (unpaired) electrons. The van der Waals surface area contributed by atoms with Crippen LogP contribution in [-0.4, -0.2) is 37.1 Å². The van der Waals surface area contributed by atoms with E-state index in [4.69, 9.17) is 0 Å². The van der Waals surface area contributed by atoms with Crippen LogP contribution >= 0.6 is 0 Å². The highest BCUT2D eigenvalue weighted by atomic mass is 15.2. The van der Waals surface area contributed by atoms with E-state index >= 15 is 0 Å². The SMILES string of the molecule is CCNC(CC1CC2CCC1C2)C(C)(C)N(C)C. The predicted molar refractivity (Wildman–Crippen MR) is 78.8 cm³/mol. The fourth-order valence-electron chi connectivity index (χ4n) is 4.15. The lowest BCUT2D eigenvalue weighted by Gasteiger charge is -2.42. The first kappa shape index (κ1) is 14.3. The summed E-state index contributed by atoms with van der Waals surface area (Å²) in [6, 6.07) is 0.627. The fraction of sp³-hybridized carbons (Fsp3) is 1.00. The van der Waals surface area contributed by atoms with Gasteiger partial charge in [0.15, 0.2) is 0 Å². The lowest BCUT2D eigenvalue weighted by atomic mass is 9.79. The first-order chi connectivity index (χ1) is 8.45. The zero-order valence-corrected chi connectivity index (χ0v) is 13.0. The standard InChI is InChI=1S/C16H32N2/c1-6-17-15(16(2,3)18(4)5)11-14-10-12-7-8-13(14)9-12/h12-15,17H,6-11H2,1-5H3. The van der Waals surface area contributed by atoms with E-state index in [1.54, 1.807) is 0 Å². The fourth-order valence-corrected chi connectivity index (χ4v) is 4.15. The summed E-state index contributed by atoms with van der Waals surface area (Å²) in [5.74, 6) is 3.12. The number of hydrogen-bond acceptors (Lipinski definition) is 2. The third-order valence-corrected chi connectivity index (χ3v) is 5.88. The van der Waals surface area contributed by atoms with Crippen LogP contribution in [0, 0.1) is 17.8 Å². The van der Waals surface area contributed by atoms with Gasteiger partial charge in [0.05, 0.1) is 0 Å². The van der Waals surface area contributed by atoms with Gasteiger partial charge in [-0.25, -0.2) is 0 Å². The van der Waals surface area contributed by atoms with Crippen LogP contribution < -0.4 is 5.32 Å². The molecule has 2 rings (SSSR count). The lowest BCUT2D eigenvalue weighted by Crippen LogP contribution is -2.56. The van der Waals surface area contributed by atoms with Gasteiger partial charge < -0.3 is 10.2 Å². The summed E-state index contributed by atoms with van der Waals surface area (Å²) in [5.41, 5.74) is 0.248. The molecule has 0 spiro atoms. The quantitative estimate of drug-likeness (QED) is 0.781. The molecule has 0 aromatic rings. The monoisotopic (exact) mass is 252 g/mol. The summed E-state index contributed by atoms with van der Waals surface area (Å²) < 4.78 is 0. The summed E-state index contributed by atoms with van der Waals surface area (Å²) in [4.78, 5) is 2.38. The van der Waals surface area contributed by atoms with E-state index < -0.39 is 0 Å². The highest BCUT2D eigenvalue weighted by Crippen LogP contribution is 2.50. The molecule has 0 aliphatic heterocycles. The van der Waals surface area contributed by atoms with Crippen LogP contribution in [0.1, 0.15) is 52.9 Å². The van der Waals surface area contributed by atoms with Crippen molar-refractivity contribution in [2.24, 2.45) is 17.8 Å². The van der Waals surface area contributed by atoms with Crippen molar-refractivity contribution in [1.29, 1.82) is 0 Å². The zero-order chi connectivity index (χ0) is 13.3. The van der Waals surface area contributed by atoms with Gasteiger partial charge in [0, 0.05) is 11.6 Å². The first-order valence-electron chi connectivity index (χ1n) is 7.86. The van der Waals surface area contributed by atoms with E-state index in [1.807, 2.05) is 0 Å². The molecule has 2 aliphatic carbocycles. The Balaban J connectivity index is 1.98. The number of rotatable bonds is 6. The van der Waals surface area contributed by atoms with Crippen molar-refractivity contribution in [2.75, 3.05) is 20.6 Å². The Morgan fingerprint density at radius 2 is 1.94 bits per heavy atom. The van der Waals surface area contributed by atoms with Gasteiger partial charge >= 0.3 is 0 Å². The van der Waals surface area contributed by atoms with Crippen molar-refractivity contribution < 1.29 is 0 Å². The molecule has 2 bridgehead atoms. The summed E-state index contributed by atoms with van der Waals surface area (Å²) in [6.07, 6.45) is 7.45. The number of nitrogens with one attached hydrogen (secondary N) is 1. The maximum Gasteiger partial charge on any atom is 0.0300 e. The van der Waals surface area contributed by atoms with E-state index in [9.17, 15) is 0 Å². The molecule has 0 amide bonds. The Hall–Kier alpha value is -0.0800. The van der Waals surface area contributed by atoms with Crippen LogP contribution in [0.15, 0.2) is 0 Å². The molecule has 106 valence electrons. The molecule has 0 heterocycles. The van der Waals surface area contributed by atoms with Gasteiger partial charge in [-0.2, -0.15) is 0 Å². The van der Waals surface area contributed by atoms with E-state index in [-0.39, 0.29) is 5.54 Å². The van der Waals surface area contributed by atoms with Crippen LogP contribution in [0.3, 0.4) is 0 Å². The number of nitrogens with zero attached hydrogens (tertiary/aromatic N) is 1. The largest absolute Gasteiger partial charge is 0.312 e. The van der Waals surface area contributed by atoms with Gasteiger partial charge in [0.2, 0.25) is 0 Å². The Kier molecular flexibility index (Phi) is 4.38. The van der Waals surface area contributed by atoms with Gasteiger partial charge in [-0.15, -0.1) is 0 Å². The third kappa shape index (κ3) is 2.75. The number of hydrogen-bond donors (Lipinski definition) is 1. The molecule has 4 atom stereocenters. The van der Waals surface area contributed by atoms with Crippen molar-refractivity contribution in [3.63, 3.8) is 0 Å². The normalized spacial score (nSPS) is 33.3. The van der Waals surface area contributed by atoms with Crippen LogP contribution in [0.2, 0.25) is 0 Å². The summed E-state index contributed by atoms with van der Waals surface area (Å²) in [6.45, 7) is 8.09. The summed E-state index contributed by atoms with van der Waals surface area (Å²) in [5, 5.41) is 3.75. The van der Waals surface area contributed by atoms with E-state index in [2.05, 4.69) is 45.1 Å². The van der Waals surface area contributed by atoms with Crippen LogP contribution in [0.25, 0.3) is 0 Å². The Labute approximate surface area is 114 Å². The van der Waals surface area contributed by atoms with Crippen molar-refractivity contribution in [1.82, 2.24) is 10.2 Å². The highest BCUT2D eigenvalue weighted by molar-refractivity contribution is 4.97. The average Bonchev–Trinajstić information content (AvgIpc) is 2.90. The van der Waals surface area contributed by atoms with Crippen molar-refractivity contribution in [3.05, 3.63) is 0 Å². The zero-order valence-electron chi connectivity index (χ0n) is 13.0. The Bertz CT molecular complexity index is 272. The highest BCUT2D eigenvalue weighted by Gasteiger charge is 2.42. The Morgan fingerprint density at radius 3 is 2.39 bits per heavy atom. The minimum atomic E-state index is 0.248. The lowest BCUT2D eigenvalue weighted by molar-refractivity contribution is 0.113. The molecular weight excluding hydrogens is 220 g/mol. The third-order valence-electron chi connectivity index (χ3n) is 5.88. The van der Waals surface area contributed by atoms with E-state index in [0.717, 1.165) is 24.3 Å². The second kappa shape index (κ2) is 5.50. The van der Waals surface area contributed by atoms with Crippen molar-refractivity contribution in [3.8, 4) is 0 Å². The summed E-state index contributed by atoms with van der Waals surface area (Å²) >= 11 is 0. The molecule has 2 heteroatoms. The molecule has 0 saturated heterocycles. The number of fused-ring (bicyclic) bond motifs is 2. The van der Waals surface area contributed by atoms with E-state index in [0.29, 0.717) is 6.04 Å². The molecule has 18 heavy (non-hydrogen) atoms. The summed E-state index contributed by atoms with van der Waals surface area (Å²) in [7, 11) is 4.43. The van der Waals surface area contributed by atoms with Gasteiger partial charge in [-0.05, 0) is 77.9 Å². The molecule has 2 aliphatic rings. The molecular formula is C16H32N2. The second-order valence-corrected chi connectivity index (χ2v) is 7.33. The van der Waals surface area contributed by atoms with Crippen molar-refractivity contribution >= 4 is 0 Å². The maximum absolute atomic E-state index is 3.75. The molecule has 1 N–H and O–H groups in total. The topological polar surface area (TPSA) is 15.3 Å². The van der Waals surface area contributed by atoms with Gasteiger partial charge in [0.1, 0.15) is 0 Å². The van der Waals surface area contributed by atoms with Gasteiger partial charge in [0.25, 0.3) is 0 Å². The van der Waals surface area contributed by atoms with Gasteiger partial charge in [-0.3, -0.25) is 0 Å². The van der Waals surface area contributed by atoms with Crippen LogP contribution in [0.4, 0.5) is 0 Å². The molecule has 2 saturated carbocycles. The minimum Gasteiger partial charge on any atom is -0.312 e. The molecule has 2 fully saturated rings. The van der Waals surface area contributed by atoms with Crippen molar-refractivity contribution in [2.45, 2.75) is 64.5 Å². The molecule has 0 aromatic carbocycles. The molecule has 4 unspecified atom stereocenters. The first-order valence-corrected chi connectivity index (χ1v) is 7.86. The van der Waals surface area contributed by atoms with Gasteiger partial charge in [-0.1, -0.05) is 13.3 Å². The molecule has 0 aromatic heterocycles. The second-order valence-electron chi connectivity index (χ2n) is 7.33. The van der Waals surface area contributed by atoms with E-state index in [1.165, 1.54) is 32.1 Å². The van der Waals surface area contributed by atoms with Crippen LogP contribution in [-0.2, 0) is 0 Å². The Morgan fingerprint density at radius 1 is 1.22 bits per heavy atom. The van der Waals surface area contributed by atoms with Crippen LogP contribution in [0.5, 0.6) is 0 Å². The maximum atomic E-state index is 3.75. The molecule has 2 nitrogen and oxygen atoms in total. The average molecular weight is 252 g/mol. The number of likely N-dealkylation sites (N-methyl/N-ethyl adjacent to an activating group) is 2. The predicted octanol–water partition coefficient (Wildman–Crippen LogP) is 3.13.